The Morgan fingerprint density at radius 1 is 0.885 bits per heavy atom. The van der Waals surface area contributed by atoms with Gasteiger partial charge in [-0.3, -0.25) is 9.78 Å². The minimum absolute atomic E-state index is 0.0568. The third kappa shape index (κ3) is 3.10. The van der Waals surface area contributed by atoms with Gasteiger partial charge in [0.2, 0.25) is 0 Å². The van der Waals surface area contributed by atoms with Crippen LogP contribution >= 0.6 is 0 Å². The first-order valence-corrected chi connectivity index (χ1v) is 8.81. The van der Waals surface area contributed by atoms with Crippen LogP contribution in [-0.4, -0.2) is 51.9 Å². The second-order valence-corrected chi connectivity index (χ2v) is 6.58. The van der Waals surface area contributed by atoms with Gasteiger partial charge in [0.15, 0.2) is 0 Å². The molecule has 1 saturated heterocycles. The molecule has 0 N–H and O–H groups in total. The van der Waals surface area contributed by atoms with Crippen molar-refractivity contribution in [3.8, 4) is 0 Å². The van der Waals surface area contributed by atoms with Crippen LogP contribution in [0.3, 0.4) is 0 Å². The Bertz CT molecular complexity index is 949. The lowest BCUT2D eigenvalue weighted by Crippen LogP contribution is -2.48. The molecule has 1 aromatic carbocycles. The van der Waals surface area contributed by atoms with Crippen molar-refractivity contribution in [2.75, 3.05) is 31.1 Å². The summed E-state index contributed by atoms with van der Waals surface area (Å²) in [5.41, 5.74) is 5.24. The van der Waals surface area contributed by atoms with Crippen LogP contribution in [0.5, 0.6) is 0 Å². The molecule has 132 valence electrons. The van der Waals surface area contributed by atoms with E-state index in [1.807, 2.05) is 49.1 Å². The summed E-state index contributed by atoms with van der Waals surface area (Å²) in [5.74, 6) is 0.0568. The van der Waals surface area contributed by atoms with Crippen LogP contribution in [0.25, 0.3) is 11.0 Å². The monoisotopic (exact) mass is 347 g/mol. The van der Waals surface area contributed by atoms with Crippen molar-refractivity contribution in [3.63, 3.8) is 0 Å². The van der Waals surface area contributed by atoms with E-state index < -0.39 is 0 Å². The molecular formula is C20H21N5O. The van der Waals surface area contributed by atoms with Gasteiger partial charge in [0, 0.05) is 49.8 Å². The predicted molar refractivity (Wildman–Crippen MR) is 101 cm³/mol. The van der Waals surface area contributed by atoms with Crippen LogP contribution in [0, 0.1) is 13.8 Å². The normalized spacial score (nSPS) is 14.7. The number of rotatable bonds is 2. The van der Waals surface area contributed by atoms with Gasteiger partial charge in [-0.05, 0) is 44.2 Å². The maximum Gasteiger partial charge on any atom is 0.254 e. The summed E-state index contributed by atoms with van der Waals surface area (Å²) in [5, 5.41) is 0. The van der Waals surface area contributed by atoms with E-state index in [4.69, 9.17) is 0 Å². The first kappa shape index (κ1) is 16.4. The molecule has 1 fully saturated rings. The lowest BCUT2D eigenvalue weighted by molar-refractivity contribution is 0.0747. The van der Waals surface area contributed by atoms with Crippen molar-refractivity contribution in [3.05, 3.63) is 59.7 Å². The Morgan fingerprint density at radius 3 is 2.23 bits per heavy atom. The van der Waals surface area contributed by atoms with Crippen LogP contribution in [0.2, 0.25) is 0 Å². The number of aromatic nitrogens is 3. The standard InChI is InChI=1S/C20H21N5O/c1-14-15(2)23-19-13-16(3-4-18(19)22-14)20(26)25-11-9-24(10-12-25)17-5-7-21-8-6-17/h3-8,13H,9-12H2,1-2H3. The molecule has 4 rings (SSSR count). The zero-order valence-corrected chi connectivity index (χ0v) is 15.0. The summed E-state index contributed by atoms with van der Waals surface area (Å²) in [6.07, 6.45) is 3.60. The quantitative estimate of drug-likeness (QED) is 0.713. The number of amides is 1. The molecule has 3 aromatic rings. The Hall–Kier alpha value is -3.02. The molecule has 0 bridgehead atoms. The minimum Gasteiger partial charge on any atom is -0.368 e. The molecule has 0 spiro atoms. The average molecular weight is 347 g/mol. The van der Waals surface area contributed by atoms with Crippen molar-refractivity contribution in [2.45, 2.75) is 13.8 Å². The number of carbonyl (C=O) groups is 1. The van der Waals surface area contributed by atoms with Crippen molar-refractivity contribution < 1.29 is 4.79 Å². The number of hydrogen-bond acceptors (Lipinski definition) is 5. The molecule has 1 aliphatic rings. The van der Waals surface area contributed by atoms with Gasteiger partial charge >= 0.3 is 0 Å². The maximum absolute atomic E-state index is 12.9. The van der Waals surface area contributed by atoms with E-state index in [9.17, 15) is 4.79 Å². The highest BCUT2D eigenvalue weighted by molar-refractivity contribution is 5.97. The van der Waals surface area contributed by atoms with Gasteiger partial charge in [0.05, 0.1) is 22.4 Å². The van der Waals surface area contributed by atoms with Crippen LogP contribution in [0.1, 0.15) is 21.7 Å². The van der Waals surface area contributed by atoms with E-state index in [1.54, 1.807) is 12.4 Å². The second kappa shape index (κ2) is 6.71. The lowest BCUT2D eigenvalue weighted by atomic mass is 10.1. The molecule has 6 nitrogen and oxygen atoms in total. The first-order chi connectivity index (χ1) is 12.6. The number of hydrogen-bond donors (Lipinski definition) is 0. The molecule has 6 heteroatoms. The van der Waals surface area contributed by atoms with Gasteiger partial charge in [-0.1, -0.05) is 0 Å². The number of carbonyl (C=O) groups excluding carboxylic acids is 1. The first-order valence-electron chi connectivity index (χ1n) is 8.81. The minimum atomic E-state index is 0.0568. The Balaban J connectivity index is 1.50. The van der Waals surface area contributed by atoms with E-state index in [0.29, 0.717) is 18.7 Å². The Morgan fingerprint density at radius 2 is 1.54 bits per heavy atom. The molecule has 0 saturated carbocycles. The molecule has 1 aliphatic heterocycles. The SMILES string of the molecule is Cc1nc2ccc(C(=O)N3CCN(c4ccncc4)CC3)cc2nc1C. The van der Waals surface area contributed by atoms with Gasteiger partial charge in [-0.15, -0.1) is 0 Å². The summed E-state index contributed by atoms with van der Waals surface area (Å²) in [6.45, 7) is 6.94. The summed E-state index contributed by atoms with van der Waals surface area (Å²) in [7, 11) is 0. The van der Waals surface area contributed by atoms with Crippen LogP contribution in [0.15, 0.2) is 42.7 Å². The van der Waals surface area contributed by atoms with Crippen molar-refractivity contribution in [2.24, 2.45) is 0 Å². The number of pyridine rings is 1. The third-order valence-electron chi connectivity index (χ3n) is 4.92. The summed E-state index contributed by atoms with van der Waals surface area (Å²) >= 11 is 0. The van der Waals surface area contributed by atoms with Gasteiger partial charge in [-0.2, -0.15) is 0 Å². The van der Waals surface area contributed by atoms with E-state index in [2.05, 4.69) is 19.9 Å². The zero-order chi connectivity index (χ0) is 18.1. The molecule has 2 aromatic heterocycles. The van der Waals surface area contributed by atoms with Gasteiger partial charge < -0.3 is 9.80 Å². The topological polar surface area (TPSA) is 62.2 Å². The van der Waals surface area contributed by atoms with Crippen LogP contribution in [0.4, 0.5) is 5.69 Å². The number of benzene rings is 1. The molecule has 0 radical (unpaired) electrons. The van der Waals surface area contributed by atoms with E-state index in [-0.39, 0.29) is 5.91 Å². The molecular weight excluding hydrogens is 326 g/mol. The summed E-state index contributed by atoms with van der Waals surface area (Å²) in [4.78, 5) is 30.2. The fourth-order valence-electron chi connectivity index (χ4n) is 3.27. The number of fused-ring (bicyclic) bond motifs is 1. The zero-order valence-electron chi connectivity index (χ0n) is 15.0. The Labute approximate surface area is 152 Å². The maximum atomic E-state index is 12.9. The fraction of sp³-hybridized carbons (Fsp3) is 0.300. The van der Waals surface area contributed by atoms with Crippen LogP contribution < -0.4 is 4.90 Å². The Kier molecular flexibility index (Phi) is 4.24. The van der Waals surface area contributed by atoms with E-state index in [0.717, 1.165) is 41.2 Å². The van der Waals surface area contributed by atoms with Crippen molar-refractivity contribution in [1.29, 1.82) is 0 Å². The number of anilines is 1. The molecule has 26 heavy (non-hydrogen) atoms. The molecule has 1 amide bonds. The van der Waals surface area contributed by atoms with Gasteiger partial charge in [0.1, 0.15) is 0 Å². The predicted octanol–water partition coefficient (Wildman–Crippen LogP) is 2.60. The number of nitrogens with zero attached hydrogens (tertiary/aromatic N) is 5. The summed E-state index contributed by atoms with van der Waals surface area (Å²) in [6, 6.07) is 9.60. The smallest absolute Gasteiger partial charge is 0.254 e. The van der Waals surface area contributed by atoms with Crippen molar-refractivity contribution >= 4 is 22.6 Å². The van der Waals surface area contributed by atoms with E-state index >= 15 is 0 Å². The molecule has 0 atom stereocenters. The molecule has 3 heterocycles. The second-order valence-electron chi connectivity index (χ2n) is 6.58. The van der Waals surface area contributed by atoms with Crippen LogP contribution in [-0.2, 0) is 0 Å². The number of piperazine rings is 1. The summed E-state index contributed by atoms with van der Waals surface area (Å²) < 4.78 is 0. The third-order valence-corrected chi connectivity index (χ3v) is 4.92. The highest BCUT2D eigenvalue weighted by Gasteiger charge is 2.22. The number of aryl methyl sites for hydroxylation is 2. The largest absolute Gasteiger partial charge is 0.368 e. The highest BCUT2D eigenvalue weighted by Crippen LogP contribution is 2.18. The fourth-order valence-corrected chi connectivity index (χ4v) is 3.27. The molecule has 0 aliphatic carbocycles. The highest BCUT2D eigenvalue weighted by atomic mass is 16.2. The van der Waals surface area contributed by atoms with Gasteiger partial charge in [-0.25, -0.2) is 9.97 Å². The van der Waals surface area contributed by atoms with E-state index in [1.165, 1.54) is 0 Å². The van der Waals surface area contributed by atoms with Crippen molar-refractivity contribution in [1.82, 2.24) is 19.9 Å². The lowest BCUT2D eigenvalue weighted by Gasteiger charge is -2.36. The average Bonchev–Trinajstić information content (AvgIpc) is 2.69. The van der Waals surface area contributed by atoms with Gasteiger partial charge in [0.25, 0.3) is 5.91 Å². The molecule has 0 unspecified atom stereocenters.